The van der Waals surface area contributed by atoms with Crippen molar-refractivity contribution in [2.24, 2.45) is 5.41 Å². The van der Waals surface area contributed by atoms with E-state index in [2.05, 4.69) is 10.3 Å². The summed E-state index contributed by atoms with van der Waals surface area (Å²) in [6.45, 7) is 8.29. The first kappa shape index (κ1) is 21.5. The van der Waals surface area contributed by atoms with Crippen LogP contribution < -0.4 is 5.32 Å². The summed E-state index contributed by atoms with van der Waals surface area (Å²) < 4.78 is 0. The predicted molar refractivity (Wildman–Crippen MR) is 114 cm³/mol. The first-order valence-corrected chi connectivity index (χ1v) is 10.9. The molecule has 1 aliphatic heterocycles. The number of aliphatic hydroxyl groups excluding tert-OH is 1. The van der Waals surface area contributed by atoms with E-state index in [0.29, 0.717) is 13.0 Å². The van der Waals surface area contributed by atoms with Crippen LogP contribution >= 0.6 is 11.3 Å². The fourth-order valence-electron chi connectivity index (χ4n) is 3.49. The summed E-state index contributed by atoms with van der Waals surface area (Å²) in [5.74, 6) is -0.301. The van der Waals surface area contributed by atoms with E-state index in [9.17, 15) is 14.7 Å². The summed E-state index contributed by atoms with van der Waals surface area (Å²) >= 11 is 1.61. The van der Waals surface area contributed by atoms with Crippen molar-refractivity contribution in [3.63, 3.8) is 0 Å². The van der Waals surface area contributed by atoms with E-state index in [4.69, 9.17) is 0 Å². The Kier molecular flexibility index (Phi) is 6.39. The normalized spacial score (nSPS) is 19.4. The second-order valence-electron chi connectivity index (χ2n) is 8.28. The van der Waals surface area contributed by atoms with Gasteiger partial charge in [-0.15, -0.1) is 11.3 Å². The van der Waals surface area contributed by atoms with Crippen LogP contribution in [0.3, 0.4) is 0 Å². The number of β-amino-alcohol motifs (C(OH)–C–C–N with tert-alkyl or cyclic N) is 1. The number of aryl methyl sites for hydroxylation is 1. The van der Waals surface area contributed by atoms with Gasteiger partial charge >= 0.3 is 0 Å². The Morgan fingerprint density at radius 3 is 2.59 bits per heavy atom. The number of likely N-dealkylation sites (tertiary alicyclic amines) is 1. The van der Waals surface area contributed by atoms with Crippen LogP contribution in [0.4, 0.5) is 0 Å². The maximum absolute atomic E-state index is 12.8. The summed E-state index contributed by atoms with van der Waals surface area (Å²) in [5, 5.41) is 13.0. The summed E-state index contributed by atoms with van der Waals surface area (Å²) in [4.78, 5) is 32.6. The van der Waals surface area contributed by atoms with Gasteiger partial charge in [0.1, 0.15) is 6.04 Å². The maximum Gasteiger partial charge on any atom is 0.243 e. The quantitative estimate of drug-likeness (QED) is 0.759. The molecule has 0 spiro atoms. The van der Waals surface area contributed by atoms with Crippen molar-refractivity contribution in [3.8, 4) is 10.4 Å². The fourth-order valence-corrected chi connectivity index (χ4v) is 4.30. The minimum absolute atomic E-state index is 0.0824. The van der Waals surface area contributed by atoms with Gasteiger partial charge in [-0.1, -0.05) is 45.0 Å². The van der Waals surface area contributed by atoms with Crippen LogP contribution in [-0.4, -0.2) is 45.5 Å². The van der Waals surface area contributed by atoms with Crippen LogP contribution in [0.2, 0.25) is 0 Å². The van der Waals surface area contributed by atoms with Gasteiger partial charge in [0, 0.05) is 24.9 Å². The van der Waals surface area contributed by atoms with Crippen LogP contribution in [-0.2, 0) is 16.1 Å². The average Bonchev–Trinajstić information content (AvgIpc) is 3.31. The number of nitrogens with one attached hydrogen (secondary N) is 1. The summed E-state index contributed by atoms with van der Waals surface area (Å²) in [6, 6.07) is 7.41. The van der Waals surface area contributed by atoms with Gasteiger partial charge < -0.3 is 15.3 Å². The van der Waals surface area contributed by atoms with Crippen molar-refractivity contribution >= 4 is 23.2 Å². The molecule has 1 aliphatic rings. The number of benzene rings is 1. The highest BCUT2D eigenvalue weighted by molar-refractivity contribution is 7.13. The Morgan fingerprint density at radius 1 is 1.31 bits per heavy atom. The molecule has 2 N–H and O–H groups in total. The first-order valence-electron chi connectivity index (χ1n) is 9.99. The number of hydrogen-bond donors (Lipinski definition) is 2. The molecule has 0 bridgehead atoms. The van der Waals surface area contributed by atoms with E-state index in [1.807, 2.05) is 57.5 Å². The molecule has 2 atom stereocenters. The van der Waals surface area contributed by atoms with Crippen molar-refractivity contribution in [2.75, 3.05) is 6.54 Å². The van der Waals surface area contributed by atoms with Crippen LogP contribution in [0, 0.1) is 12.3 Å². The van der Waals surface area contributed by atoms with Gasteiger partial charge in [0.05, 0.1) is 22.2 Å². The number of hydrogen-bond acceptors (Lipinski definition) is 5. The highest BCUT2D eigenvalue weighted by Crippen LogP contribution is 2.29. The van der Waals surface area contributed by atoms with Crippen molar-refractivity contribution in [1.82, 2.24) is 15.2 Å². The third kappa shape index (κ3) is 4.67. The highest BCUT2D eigenvalue weighted by atomic mass is 32.1. The Balaban J connectivity index is 1.63. The molecule has 0 aliphatic carbocycles. The number of aromatic nitrogens is 1. The Bertz CT molecular complexity index is 876. The molecule has 2 unspecified atom stereocenters. The molecule has 2 aromatic rings. The second-order valence-corrected chi connectivity index (χ2v) is 9.14. The van der Waals surface area contributed by atoms with Crippen molar-refractivity contribution in [2.45, 2.75) is 59.2 Å². The third-order valence-corrected chi connectivity index (χ3v) is 6.71. The van der Waals surface area contributed by atoms with Crippen LogP contribution in [0.25, 0.3) is 10.4 Å². The largest absolute Gasteiger partial charge is 0.391 e. The van der Waals surface area contributed by atoms with Crippen LogP contribution in [0.15, 0.2) is 29.8 Å². The van der Waals surface area contributed by atoms with E-state index in [-0.39, 0.29) is 24.8 Å². The molecule has 1 saturated heterocycles. The molecule has 6 nitrogen and oxygen atoms in total. The van der Waals surface area contributed by atoms with Gasteiger partial charge in [-0.2, -0.15) is 0 Å². The van der Waals surface area contributed by atoms with E-state index in [1.54, 1.807) is 16.2 Å². The Morgan fingerprint density at radius 2 is 2.00 bits per heavy atom. The topological polar surface area (TPSA) is 82.5 Å². The molecule has 7 heteroatoms. The van der Waals surface area contributed by atoms with E-state index < -0.39 is 17.6 Å². The Labute approximate surface area is 176 Å². The smallest absolute Gasteiger partial charge is 0.243 e. The average molecular weight is 416 g/mol. The van der Waals surface area contributed by atoms with Gasteiger partial charge in [0.25, 0.3) is 0 Å². The lowest BCUT2D eigenvalue weighted by Crippen LogP contribution is -2.49. The highest BCUT2D eigenvalue weighted by Gasteiger charge is 2.42. The SMILES string of the molecule is CCC(C)(C)C(=O)N1CC(O)CC1C(=O)NCc1ccc(-c2scnc2C)cc1. The molecule has 2 heterocycles. The first-order chi connectivity index (χ1) is 13.7. The maximum atomic E-state index is 12.8. The number of amides is 2. The van der Waals surface area contributed by atoms with Gasteiger partial charge in [0.2, 0.25) is 11.8 Å². The molecule has 29 heavy (non-hydrogen) atoms. The summed E-state index contributed by atoms with van der Waals surface area (Å²) in [5.41, 5.74) is 4.39. The van der Waals surface area contributed by atoms with Gasteiger partial charge in [-0.05, 0) is 24.5 Å². The lowest BCUT2D eigenvalue weighted by atomic mass is 9.88. The Hall–Kier alpha value is -2.25. The third-order valence-electron chi connectivity index (χ3n) is 5.73. The minimum atomic E-state index is -0.663. The number of aliphatic hydroxyl groups is 1. The zero-order valence-corrected chi connectivity index (χ0v) is 18.3. The zero-order valence-electron chi connectivity index (χ0n) is 17.4. The zero-order chi connectivity index (χ0) is 21.2. The molecule has 3 rings (SSSR count). The molecular formula is C22H29N3O3S. The van der Waals surface area contributed by atoms with E-state index in [1.165, 1.54) is 0 Å². The number of thiazole rings is 1. The summed E-state index contributed by atoms with van der Waals surface area (Å²) in [7, 11) is 0. The number of carbonyl (C=O) groups excluding carboxylic acids is 2. The standard InChI is InChI=1S/C22H29N3O3S/c1-5-22(3,4)21(28)25-12-17(26)10-18(25)20(27)23-11-15-6-8-16(9-7-15)19-14(2)24-13-29-19/h6-9,13,17-18,26H,5,10-12H2,1-4H3,(H,23,27). The van der Waals surface area contributed by atoms with Crippen molar-refractivity contribution in [3.05, 3.63) is 41.0 Å². The predicted octanol–water partition coefficient (Wildman–Crippen LogP) is 3.13. The van der Waals surface area contributed by atoms with E-state index >= 15 is 0 Å². The molecular weight excluding hydrogens is 386 g/mol. The number of nitrogens with zero attached hydrogens (tertiary/aromatic N) is 2. The molecule has 1 fully saturated rings. The number of rotatable bonds is 6. The van der Waals surface area contributed by atoms with Crippen molar-refractivity contribution < 1.29 is 14.7 Å². The second kappa shape index (κ2) is 8.63. The lowest BCUT2D eigenvalue weighted by molar-refractivity contribution is -0.145. The minimum Gasteiger partial charge on any atom is -0.391 e. The van der Waals surface area contributed by atoms with Gasteiger partial charge in [0.15, 0.2) is 0 Å². The fraction of sp³-hybridized carbons (Fsp3) is 0.500. The van der Waals surface area contributed by atoms with Crippen LogP contribution in [0.5, 0.6) is 0 Å². The molecule has 1 aromatic heterocycles. The van der Waals surface area contributed by atoms with Crippen LogP contribution in [0.1, 0.15) is 44.9 Å². The number of carbonyl (C=O) groups is 2. The summed E-state index contributed by atoms with van der Waals surface area (Å²) in [6.07, 6.45) is 0.295. The van der Waals surface area contributed by atoms with E-state index in [0.717, 1.165) is 21.7 Å². The van der Waals surface area contributed by atoms with Crippen molar-refractivity contribution in [1.29, 1.82) is 0 Å². The monoisotopic (exact) mass is 415 g/mol. The molecule has 156 valence electrons. The molecule has 1 aromatic carbocycles. The molecule has 2 amide bonds. The molecule has 0 saturated carbocycles. The van der Waals surface area contributed by atoms with Gasteiger partial charge in [-0.3, -0.25) is 9.59 Å². The molecule has 0 radical (unpaired) electrons. The van der Waals surface area contributed by atoms with Gasteiger partial charge in [-0.25, -0.2) is 4.98 Å². The lowest BCUT2D eigenvalue weighted by Gasteiger charge is -2.31.